The summed E-state index contributed by atoms with van der Waals surface area (Å²) in [6.07, 6.45) is 3.57. The number of aromatic carboxylic acids is 1. The molecule has 0 heterocycles. The molecule has 21 heavy (non-hydrogen) atoms. The molecule has 1 fully saturated rings. The molecule has 0 bridgehead atoms. The minimum absolute atomic E-state index is 0.0609. The van der Waals surface area contributed by atoms with Crippen molar-refractivity contribution in [3.05, 3.63) is 33.4 Å². The van der Waals surface area contributed by atoms with Gasteiger partial charge in [0, 0.05) is 23.9 Å². The largest absolute Gasteiger partial charge is 0.478 e. The predicted octanol–water partition coefficient (Wildman–Crippen LogP) is 3.45. The molecule has 2 N–H and O–H groups in total. The van der Waals surface area contributed by atoms with Crippen LogP contribution in [0.1, 0.15) is 42.1 Å². The Morgan fingerprint density at radius 1 is 1.48 bits per heavy atom. The molecule has 1 aromatic carbocycles. The molecule has 6 nitrogen and oxygen atoms in total. The van der Waals surface area contributed by atoms with Gasteiger partial charge in [-0.1, -0.05) is 19.8 Å². The van der Waals surface area contributed by atoms with Crippen molar-refractivity contribution >= 4 is 17.3 Å². The van der Waals surface area contributed by atoms with E-state index in [1.165, 1.54) is 18.9 Å². The lowest BCUT2D eigenvalue weighted by Gasteiger charge is -2.18. The Kier molecular flexibility index (Phi) is 4.45. The maximum absolute atomic E-state index is 11.1. The first kappa shape index (κ1) is 15.3. The highest BCUT2D eigenvalue weighted by molar-refractivity contribution is 5.90. The number of benzene rings is 1. The molecular weight excluding hydrogens is 272 g/mol. The molecule has 1 aromatic rings. The van der Waals surface area contributed by atoms with Crippen molar-refractivity contribution in [1.29, 1.82) is 0 Å². The van der Waals surface area contributed by atoms with E-state index >= 15 is 0 Å². The number of carboxylic acid groups (broad SMARTS) is 1. The number of nitro benzene ring substituents is 1. The fraction of sp³-hybridized carbons (Fsp3) is 0.533. The van der Waals surface area contributed by atoms with E-state index in [1.54, 1.807) is 6.92 Å². The van der Waals surface area contributed by atoms with E-state index in [0.717, 1.165) is 19.0 Å². The predicted molar refractivity (Wildman–Crippen MR) is 79.8 cm³/mol. The standard InChI is InChI=1S/C15H20N2O4/c1-9-4-3-5-11(9)8-16-13-6-12(15(18)19)7-14(10(13)2)17(20)21/h6-7,9,11,16H,3-5,8H2,1-2H3,(H,18,19). The second-order valence-corrected chi connectivity index (χ2v) is 5.78. The van der Waals surface area contributed by atoms with E-state index in [0.29, 0.717) is 23.1 Å². The summed E-state index contributed by atoms with van der Waals surface area (Å²) in [5, 5.41) is 23.3. The third-order valence-corrected chi connectivity index (χ3v) is 4.42. The smallest absolute Gasteiger partial charge is 0.336 e. The third kappa shape index (κ3) is 3.32. The summed E-state index contributed by atoms with van der Waals surface area (Å²) in [6.45, 7) is 4.58. The second kappa shape index (κ2) is 6.11. The molecule has 0 amide bonds. The van der Waals surface area contributed by atoms with Gasteiger partial charge in [0.25, 0.3) is 5.69 Å². The van der Waals surface area contributed by atoms with E-state index in [1.807, 2.05) is 0 Å². The summed E-state index contributed by atoms with van der Waals surface area (Å²) in [5.74, 6) is 0.0165. The summed E-state index contributed by atoms with van der Waals surface area (Å²) in [4.78, 5) is 21.6. The van der Waals surface area contributed by atoms with Crippen molar-refractivity contribution < 1.29 is 14.8 Å². The van der Waals surface area contributed by atoms with Crippen molar-refractivity contribution in [2.24, 2.45) is 11.8 Å². The Morgan fingerprint density at radius 3 is 2.71 bits per heavy atom. The zero-order chi connectivity index (χ0) is 15.6. The molecule has 0 aliphatic heterocycles. The number of nitrogens with zero attached hydrogens (tertiary/aromatic N) is 1. The maximum atomic E-state index is 11.1. The lowest BCUT2D eigenvalue weighted by Crippen LogP contribution is -2.17. The fourth-order valence-corrected chi connectivity index (χ4v) is 2.96. The Hall–Kier alpha value is -2.11. The second-order valence-electron chi connectivity index (χ2n) is 5.78. The monoisotopic (exact) mass is 292 g/mol. The van der Waals surface area contributed by atoms with Crippen LogP contribution in [0.3, 0.4) is 0 Å². The van der Waals surface area contributed by atoms with Gasteiger partial charge in [0.15, 0.2) is 0 Å². The highest BCUT2D eigenvalue weighted by atomic mass is 16.6. The molecule has 1 aliphatic rings. The normalized spacial score (nSPS) is 21.2. The van der Waals surface area contributed by atoms with Crippen LogP contribution in [-0.4, -0.2) is 22.5 Å². The van der Waals surface area contributed by atoms with Gasteiger partial charge >= 0.3 is 5.97 Å². The summed E-state index contributed by atoms with van der Waals surface area (Å²) >= 11 is 0. The third-order valence-electron chi connectivity index (χ3n) is 4.42. The van der Waals surface area contributed by atoms with Gasteiger partial charge in [-0.3, -0.25) is 10.1 Å². The van der Waals surface area contributed by atoms with Gasteiger partial charge < -0.3 is 10.4 Å². The molecule has 0 saturated heterocycles. The Morgan fingerprint density at radius 2 is 2.19 bits per heavy atom. The average Bonchev–Trinajstić information content (AvgIpc) is 2.82. The quantitative estimate of drug-likeness (QED) is 0.640. The van der Waals surface area contributed by atoms with Crippen LogP contribution in [0.25, 0.3) is 0 Å². The molecule has 0 spiro atoms. The van der Waals surface area contributed by atoms with Gasteiger partial charge in [-0.15, -0.1) is 0 Å². The van der Waals surface area contributed by atoms with E-state index in [-0.39, 0.29) is 11.3 Å². The lowest BCUT2D eigenvalue weighted by molar-refractivity contribution is -0.385. The van der Waals surface area contributed by atoms with Gasteiger partial charge in [0.05, 0.1) is 10.5 Å². The van der Waals surface area contributed by atoms with Gasteiger partial charge in [-0.05, 0) is 31.2 Å². The molecule has 1 aliphatic carbocycles. The first-order valence-electron chi connectivity index (χ1n) is 7.16. The van der Waals surface area contributed by atoms with Crippen molar-refractivity contribution in [1.82, 2.24) is 0 Å². The topological polar surface area (TPSA) is 92.5 Å². The fourth-order valence-electron chi connectivity index (χ4n) is 2.96. The van der Waals surface area contributed by atoms with Crippen LogP contribution in [0, 0.1) is 28.9 Å². The molecule has 114 valence electrons. The van der Waals surface area contributed by atoms with E-state index in [4.69, 9.17) is 5.11 Å². The minimum atomic E-state index is -1.16. The number of carboxylic acids is 1. The molecule has 6 heteroatoms. The Labute approximate surface area is 123 Å². The highest BCUT2D eigenvalue weighted by Crippen LogP contribution is 2.33. The lowest BCUT2D eigenvalue weighted by atomic mass is 9.98. The summed E-state index contributed by atoms with van der Waals surface area (Å²) in [6, 6.07) is 2.59. The van der Waals surface area contributed by atoms with Crippen molar-refractivity contribution in [2.45, 2.75) is 33.1 Å². The van der Waals surface area contributed by atoms with Crippen LogP contribution >= 0.6 is 0 Å². The van der Waals surface area contributed by atoms with Crippen molar-refractivity contribution in [2.75, 3.05) is 11.9 Å². The maximum Gasteiger partial charge on any atom is 0.336 e. The van der Waals surface area contributed by atoms with Crippen LogP contribution in [0.4, 0.5) is 11.4 Å². The summed E-state index contributed by atoms with van der Waals surface area (Å²) < 4.78 is 0. The van der Waals surface area contributed by atoms with Crippen LogP contribution in [0.2, 0.25) is 0 Å². The summed E-state index contributed by atoms with van der Waals surface area (Å²) in [5.41, 5.74) is 0.808. The molecule has 0 aromatic heterocycles. The molecule has 0 radical (unpaired) electrons. The summed E-state index contributed by atoms with van der Waals surface area (Å²) in [7, 11) is 0. The molecule has 2 rings (SSSR count). The molecular formula is C15H20N2O4. The van der Waals surface area contributed by atoms with E-state index < -0.39 is 10.9 Å². The average molecular weight is 292 g/mol. The van der Waals surface area contributed by atoms with Gasteiger partial charge in [0.2, 0.25) is 0 Å². The van der Waals surface area contributed by atoms with Crippen molar-refractivity contribution in [3.63, 3.8) is 0 Å². The van der Waals surface area contributed by atoms with Crippen molar-refractivity contribution in [3.8, 4) is 0 Å². The Balaban J connectivity index is 2.24. The Bertz CT molecular complexity index is 571. The van der Waals surface area contributed by atoms with Crippen LogP contribution in [-0.2, 0) is 0 Å². The van der Waals surface area contributed by atoms with Crippen LogP contribution < -0.4 is 5.32 Å². The molecule has 1 saturated carbocycles. The number of rotatable bonds is 5. The van der Waals surface area contributed by atoms with E-state index in [9.17, 15) is 14.9 Å². The molecule has 2 atom stereocenters. The van der Waals surface area contributed by atoms with Crippen LogP contribution in [0.5, 0.6) is 0 Å². The number of carbonyl (C=O) groups is 1. The van der Waals surface area contributed by atoms with Gasteiger partial charge in [-0.25, -0.2) is 4.79 Å². The minimum Gasteiger partial charge on any atom is -0.478 e. The van der Waals surface area contributed by atoms with Crippen LogP contribution in [0.15, 0.2) is 12.1 Å². The van der Waals surface area contributed by atoms with Gasteiger partial charge in [-0.2, -0.15) is 0 Å². The number of nitrogens with one attached hydrogen (secondary N) is 1. The zero-order valence-electron chi connectivity index (χ0n) is 12.3. The number of hydrogen-bond donors (Lipinski definition) is 2. The first-order chi connectivity index (χ1) is 9.90. The number of anilines is 1. The molecule has 2 unspecified atom stereocenters. The zero-order valence-corrected chi connectivity index (χ0v) is 12.3. The van der Waals surface area contributed by atoms with E-state index in [2.05, 4.69) is 12.2 Å². The number of hydrogen-bond acceptors (Lipinski definition) is 4. The SMILES string of the molecule is Cc1c(NCC2CCCC2C)cc(C(=O)O)cc1[N+](=O)[O-]. The highest BCUT2D eigenvalue weighted by Gasteiger charge is 2.24. The first-order valence-corrected chi connectivity index (χ1v) is 7.16. The van der Waals surface area contributed by atoms with Gasteiger partial charge in [0.1, 0.15) is 0 Å². The number of nitro groups is 1.